The van der Waals surface area contributed by atoms with Crippen LogP contribution in [-0.2, 0) is 6.42 Å². The minimum Gasteiger partial charge on any atom is -0.257 e. The topological polar surface area (TPSA) is 12.9 Å². The average molecular weight is 579 g/mol. The second kappa shape index (κ2) is 11.2. The average Bonchev–Trinajstić information content (AvgIpc) is 2.84. The molecule has 0 atom stereocenters. The molecule has 0 saturated carbocycles. The molecule has 1 nitrogen and oxygen atoms in total. The van der Waals surface area contributed by atoms with Crippen molar-refractivity contribution in [1.29, 1.82) is 0 Å². The molecule has 1 heterocycles. The first kappa shape index (κ1) is 24.6. The van der Waals surface area contributed by atoms with E-state index in [9.17, 15) is 4.39 Å². The van der Waals surface area contributed by atoms with E-state index in [1.165, 1.54) is 23.3 Å². The Balaban J connectivity index is 1.88. The summed E-state index contributed by atoms with van der Waals surface area (Å²) in [6.07, 6.45) is 2.80. The number of nitrogens with zero attached hydrogens (tertiary/aromatic N) is 1. The van der Waals surface area contributed by atoms with Crippen molar-refractivity contribution in [3.05, 3.63) is 128 Å². The van der Waals surface area contributed by atoms with Crippen LogP contribution in [0.15, 0.2) is 94.4 Å². The predicted molar refractivity (Wildman–Crippen MR) is 148 cm³/mol. The Hall–Kier alpha value is -2.56. The molecule has 1 aromatic heterocycles. The van der Waals surface area contributed by atoms with Crippen LogP contribution in [0.25, 0.3) is 17.2 Å². The van der Waals surface area contributed by atoms with Gasteiger partial charge in [0, 0.05) is 23.6 Å². The van der Waals surface area contributed by atoms with E-state index in [-0.39, 0.29) is 17.7 Å². The smallest absolute Gasteiger partial charge is 0.123 e. The number of aromatic nitrogens is 1. The normalized spacial score (nSPS) is 11.1. The van der Waals surface area contributed by atoms with Gasteiger partial charge in [0.2, 0.25) is 0 Å². The van der Waals surface area contributed by atoms with Gasteiger partial charge in [-0.15, -0.1) is 0 Å². The molecule has 0 fully saturated rings. The van der Waals surface area contributed by atoms with Crippen LogP contribution in [0, 0.1) is 5.82 Å². The number of benzene rings is 3. The van der Waals surface area contributed by atoms with E-state index in [0.29, 0.717) is 0 Å². The summed E-state index contributed by atoms with van der Waals surface area (Å²) in [5.74, 6) is 0.158. The summed E-state index contributed by atoms with van der Waals surface area (Å²) in [5.41, 5.74) is 7.61. The molecule has 0 radical (unpaired) electrons. The van der Waals surface area contributed by atoms with Gasteiger partial charge in [0.05, 0.1) is 9.09 Å². The molecule has 3 aromatic carbocycles. The zero-order valence-corrected chi connectivity index (χ0v) is 22.4. The van der Waals surface area contributed by atoms with E-state index in [1.807, 2.05) is 30.3 Å². The number of pyridine rings is 1. The molecule has 4 heteroatoms. The standard InChI is InChI=1S/C30H26Br2FN/c1-20(2)30-28(19-29(31)32)27(23-13-15-24(33)16-14-23)18-25(34-30)17-26(21-9-5-3-6-10-21)22-11-7-4-8-12-22/h3-16,18-20,26H,17H2,1-2H3. The van der Waals surface area contributed by atoms with Gasteiger partial charge in [-0.3, -0.25) is 4.98 Å². The van der Waals surface area contributed by atoms with Gasteiger partial charge in [-0.2, -0.15) is 0 Å². The highest BCUT2D eigenvalue weighted by Crippen LogP contribution is 2.36. The zero-order valence-electron chi connectivity index (χ0n) is 19.2. The monoisotopic (exact) mass is 577 g/mol. The van der Waals surface area contributed by atoms with Crippen molar-refractivity contribution in [2.24, 2.45) is 0 Å². The summed E-state index contributed by atoms with van der Waals surface area (Å²) >= 11 is 7.05. The Morgan fingerprint density at radius 2 is 1.41 bits per heavy atom. The Labute approximate surface area is 218 Å². The van der Waals surface area contributed by atoms with Crippen LogP contribution in [0.5, 0.6) is 0 Å². The Kier molecular flexibility index (Phi) is 8.12. The highest BCUT2D eigenvalue weighted by molar-refractivity contribution is 9.28. The fourth-order valence-corrected chi connectivity index (χ4v) is 4.77. The van der Waals surface area contributed by atoms with Gasteiger partial charge in [0.25, 0.3) is 0 Å². The summed E-state index contributed by atoms with van der Waals surface area (Å²) in [7, 11) is 0. The van der Waals surface area contributed by atoms with Gasteiger partial charge < -0.3 is 0 Å². The fourth-order valence-electron chi connectivity index (χ4n) is 4.31. The zero-order chi connectivity index (χ0) is 24.1. The van der Waals surface area contributed by atoms with Gasteiger partial charge in [-0.05, 0) is 84.3 Å². The maximum absolute atomic E-state index is 13.7. The van der Waals surface area contributed by atoms with Gasteiger partial charge in [0.1, 0.15) is 5.82 Å². The van der Waals surface area contributed by atoms with Crippen molar-refractivity contribution in [3.8, 4) is 11.1 Å². The highest BCUT2D eigenvalue weighted by atomic mass is 79.9. The lowest BCUT2D eigenvalue weighted by Gasteiger charge is -2.21. The Morgan fingerprint density at radius 3 is 1.91 bits per heavy atom. The van der Waals surface area contributed by atoms with E-state index in [2.05, 4.69) is 100 Å². The molecule has 0 aliphatic heterocycles. The van der Waals surface area contributed by atoms with E-state index in [4.69, 9.17) is 4.98 Å². The van der Waals surface area contributed by atoms with Crippen molar-refractivity contribution in [2.45, 2.75) is 32.1 Å². The molecule has 0 spiro atoms. The summed E-state index contributed by atoms with van der Waals surface area (Å²) < 4.78 is 14.5. The van der Waals surface area contributed by atoms with Gasteiger partial charge in [-0.25, -0.2) is 4.39 Å². The quantitative estimate of drug-likeness (QED) is 0.213. The largest absolute Gasteiger partial charge is 0.257 e. The first-order valence-corrected chi connectivity index (χ1v) is 12.9. The molecule has 0 bridgehead atoms. The second-order valence-electron chi connectivity index (χ2n) is 8.63. The molecule has 0 saturated heterocycles. The lowest BCUT2D eigenvalue weighted by molar-refractivity contribution is 0.628. The summed E-state index contributed by atoms with van der Waals surface area (Å²) in [4.78, 5) is 5.16. The minimum absolute atomic E-state index is 0.181. The van der Waals surface area contributed by atoms with Crippen LogP contribution in [0.2, 0.25) is 0 Å². The van der Waals surface area contributed by atoms with Crippen LogP contribution in [0.3, 0.4) is 0 Å². The Morgan fingerprint density at radius 1 is 0.853 bits per heavy atom. The maximum Gasteiger partial charge on any atom is 0.123 e. The van der Waals surface area contributed by atoms with Gasteiger partial charge in [-0.1, -0.05) is 86.6 Å². The van der Waals surface area contributed by atoms with Gasteiger partial charge >= 0.3 is 0 Å². The molecule has 4 rings (SSSR count). The number of halogens is 3. The first-order chi connectivity index (χ1) is 16.4. The summed E-state index contributed by atoms with van der Waals surface area (Å²) in [5, 5.41) is 0. The van der Waals surface area contributed by atoms with Gasteiger partial charge in [0.15, 0.2) is 0 Å². The lowest BCUT2D eigenvalue weighted by atomic mass is 9.86. The molecule has 172 valence electrons. The number of hydrogen-bond donors (Lipinski definition) is 0. The highest BCUT2D eigenvalue weighted by Gasteiger charge is 2.20. The molecular weight excluding hydrogens is 553 g/mol. The summed E-state index contributed by atoms with van der Waals surface area (Å²) in [6, 6.07) is 30.0. The SMILES string of the molecule is CC(C)c1nc(CC(c2ccccc2)c2ccccc2)cc(-c2ccc(F)cc2)c1C=C(Br)Br. The van der Waals surface area contributed by atoms with E-state index in [0.717, 1.165) is 37.9 Å². The van der Waals surface area contributed by atoms with Crippen molar-refractivity contribution < 1.29 is 4.39 Å². The minimum atomic E-state index is -0.242. The van der Waals surface area contributed by atoms with Crippen molar-refractivity contribution in [1.82, 2.24) is 4.98 Å². The van der Waals surface area contributed by atoms with Crippen LogP contribution >= 0.6 is 31.9 Å². The van der Waals surface area contributed by atoms with Crippen molar-refractivity contribution in [3.63, 3.8) is 0 Å². The molecular formula is C30H26Br2FN. The van der Waals surface area contributed by atoms with E-state index < -0.39 is 0 Å². The molecule has 0 aliphatic rings. The predicted octanol–water partition coefficient (Wildman–Crippen LogP) is 9.47. The molecule has 0 unspecified atom stereocenters. The van der Waals surface area contributed by atoms with Crippen LogP contribution in [-0.4, -0.2) is 4.98 Å². The Bertz CT molecular complexity index is 1220. The number of hydrogen-bond acceptors (Lipinski definition) is 1. The third kappa shape index (κ3) is 5.92. The fraction of sp³-hybridized carbons (Fsp3) is 0.167. The maximum atomic E-state index is 13.7. The van der Waals surface area contributed by atoms with Crippen LogP contribution in [0.4, 0.5) is 4.39 Å². The lowest BCUT2D eigenvalue weighted by Crippen LogP contribution is -2.09. The van der Waals surface area contributed by atoms with Crippen LogP contribution in [0.1, 0.15) is 53.8 Å². The van der Waals surface area contributed by atoms with Crippen LogP contribution < -0.4 is 0 Å². The first-order valence-electron chi connectivity index (χ1n) is 11.3. The number of rotatable bonds is 7. The molecule has 0 aliphatic carbocycles. The third-order valence-corrected chi connectivity index (χ3v) is 6.37. The molecule has 34 heavy (non-hydrogen) atoms. The third-order valence-electron chi connectivity index (χ3n) is 5.91. The van der Waals surface area contributed by atoms with Crippen molar-refractivity contribution >= 4 is 37.9 Å². The second-order valence-corrected chi connectivity index (χ2v) is 11.4. The van der Waals surface area contributed by atoms with Crippen molar-refractivity contribution in [2.75, 3.05) is 0 Å². The molecule has 0 N–H and O–H groups in total. The molecule has 4 aromatic rings. The molecule has 0 amide bonds. The summed E-state index contributed by atoms with van der Waals surface area (Å²) in [6.45, 7) is 4.32. The van der Waals surface area contributed by atoms with E-state index >= 15 is 0 Å². The van der Waals surface area contributed by atoms with E-state index in [1.54, 1.807) is 0 Å².